The second-order valence-corrected chi connectivity index (χ2v) is 2.96. The first-order valence-corrected chi connectivity index (χ1v) is 3.81. The largest absolute Gasteiger partial charge is 0.322 e. The lowest BCUT2D eigenvalue weighted by molar-refractivity contribution is 0.620. The number of nitriles is 1. The van der Waals surface area contributed by atoms with Crippen molar-refractivity contribution < 1.29 is 0 Å². The molecule has 3 nitrogen and oxygen atoms in total. The van der Waals surface area contributed by atoms with Gasteiger partial charge in [0.15, 0.2) is 0 Å². The Morgan fingerprint density at radius 2 is 2.55 bits per heavy atom. The molecule has 3 heteroatoms. The van der Waals surface area contributed by atoms with Crippen LogP contribution in [0.3, 0.4) is 0 Å². The van der Waals surface area contributed by atoms with E-state index in [-0.39, 0.29) is 0 Å². The molecule has 0 saturated heterocycles. The fourth-order valence-electron chi connectivity index (χ4n) is 1.15. The molecule has 0 aromatic carbocycles. The fourth-order valence-corrected chi connectivity index (χ4v) is 1.15. The molecule has 11 heavy (non-hydrogen) atoms. The van der Waals surface area contributed by atoms with E-state index in [9.17, 15) is 0 Å². The number of aromatic nitrogens is 2. The Hall–Kier alpha value is -1.30. The molecule has 1 heterocycles. The Kier molecular flexibility index (Phi) is 1.39. The maximum atomic E-state index is 8.61. The van der Waals surface area contributed by atoms with E-state index in [0.29, 0.717) is 5.82 Å². The predicted molar refractivity (Wildman–Crippen MR) is 39.7 cm³/mol. The zero-order chi connectivity index (χ0) is 7.68. The normalized spacial score (nSPS) is 16.3. The number of imidazole rings is 1. The average molecular weight is 147 g/mol. The van der Waals surface area contributed by atoms with Gasteiger partial charge in [0.2, 0.25) is 5.82 Å². The van der Waals surface area contributed by atoms with Gasteiger partial charge in [-0.05, 0) is 18.8 Å². The molecule has 1 fully saturated rings. The summed E-state index contributed by atoms with van der Waals surface area (Å²) in [5.74, 6) is 1.34. The van der Waals surface area contributed by atoms with Crippen molar-refractivity contribution in [3.63, 3.8) is 0 Å². The van der Waals surface area contributed by atoms with E-state index in [1.807, 2.05) is 10.8 Å². The summed E-state index contributed by atoms with van der Waals surface area (Å²) in [7, 11) is 0. The van der Waals surface area contributed by atoms with Crippen LogP contribution >= 0.6 is 0 Å². The van der Waals surface area contributed by atoms with Crippen molar-refractivity contribution in [1.29, 1.82) is 5.26 Å². The molecule has 56 valence electrons. The summed E-state index contributed by atoms with van der Waals surface area (Å²) in [4.78, 5) is 3.92. The maximum Gasteiger partial charge on any atom is 0.212 e. The molecule has 0 atom stereocenters. The molecule has 0 N–H and O–H groups in total. The van der Waals surface area contributed by atoms with Crippen molar-refractivity contribution in [3.05, 3.63) is 18.2 Å². The van der Waals surface area contributed by atoms with Crippen LogP contribution in [0, 0.1) is 17.2 Å². The predicted octanol–water partition coefficient (Wildman–Crippen LogP) is 1.16. The van der Waals surface area contributed by atoms with Crippen LogP contribution in [-0.4, -0.2) is 9.55 Å². The zero-order valence-electron chi connectivity index (χ0n) is 6.20. The Bertz CT molecular complexity index is 291. The number of hydrogen-bond acceptors (Lipinski definition) is 2. The van der Waals surface area contributed by atoms with Crippen LogP contribution < -0.4 is 0 Å². The minimum Gasteiger partial charge on any atom is -0.322 e. The Morgan fingerprint density at radius 3 is 3.18 bits per heavy atom. The van der Waals surface area contributed by atoms with Gasteiger partial charge in [0.25, 0.3) is 0 Å². The van der Waals surface area contributed by atoms with Crippen molar-refractivity contribution >= 4 is 0 Å². The first-order valence-electron chi connectivity index (χ1n) is 3.81. The number of nitrogens with zero attached hydrogens (tertiary/aromatic N) is 3. The first-order chi connectivity index (χ1) is 5.40. The van der Waals surface area contributed by atoms with Gasteiger partial charge in [0.05, 0.1) is 0 Å². The summed E-state index contributed by atoms with van der Waals surface area (Å²) >= 11 is 0. The van der Waals surface area contributed by atoms with Crippen LogP contribution in [0.1, 0.15) is 18.7 Å². The topological polar surface area (TPSA) is 41.6 Å². The van der Waals surface area contributed by atoms with E-state index in [1.165, 1.54) is 12.8 Å². The lowest BCUT2D eigenvalue weighted by Gasteiger charge is -1.98. The number of rotatable bonds is 2. The number of hydrogen-bond donors (Lipinski definition) is 0. The van der Waals surface area contributed by atoms with E-state index in [4.69, 9.17) is 5.26 Å². The van der Waals surface area contributed by atoms with Crippen molar-refractivity contribution in [3.8, 4) is 6.07 Å². The second-order valence-electron chi connectivity index (χ2n) is 2.96. The summed E-state index contributed by atoms with van der Waals surface area (Å²) in [5.41, 5.74) is 0. The third-order valence-corrected chi connectivity index (χ3v) is 1.97. The van der Waals surface area contributed by atoms with Gasteiger partial charge in [-0.2, -0.15) is 5.26 Å². The van der Waals surface area contributed by atoms with Crippen LogP contribution in [-0.2, 0) is 6.54 Å². The van der Waals surface area contributed by atoms with Gasteiger partial charge in [0, 0.05) is 18.9 Å². The summed E-state index contributed by atoms with van der Waals surface area (Å²) in [6.07, 6.45) is 6.17. The first kappa shape index (κ1) is 6.41. The molecule has 1 aromatic rings. The third kappa shape index (κ3) is 1.25. The fraction of sp³-hybridized carbons (Fsp3) is 0.500. The summed E-state index contributed by atoms with van der Waals surface area (Å²) < 4.78 is 1.93. The standard InChI is InChI=1S/C8H9N3/c9-5-8-10-3-4-11(8)6-7-1-2-7/h3-4,7H,1-2,6H2. The Morgan fingerprint density at radius 1 is 1.73 bits per heavy atom. The molecule has 1 aliphatic carbocycles. The van der Waals surface area contributed by atoms with Crippen LogP contribution in [0.5, 0.6) is 0 Å². The zero-order valence-corrected chi connectivity index (χ0v) is 6.20. The molecule has 1 aliphatic rings. The average Bonchev–Trinajstić information content (AvgIpc) is 2.68. The molecular weight excluding hydrogens is 138 g/mol. The van der Waals surface area contributed by atoms with Crippen molar-refractivity contribution in [1.82, 2.24) is 9.55 Å². The van der Waals surface area contributed by atoms with Crippen molar-refractivity contribution in [2.45, 2.75) is 19.4 Å². The van der Waals surface area contributed by atoms with Crippen LogP contribution in [0.2, 0.25) is 0 Å². The van der Waals surface area contributed by atoms with Crippen LogP contribution in [0.15, 0.2) is 12.4 Å². The molecule has 1 aromatic heterocycles. The highest BCUT2D eigenvalue weighted by atomic mass is 15.1. The highest BCUT2D eigenvalue weighted by Crippen LogP contribution is 2.30. The van der Waals surface area contributed by atoms with Gasteiger partial charge in [-0.25, -0.2) is 4.98 Å². The molecule has 1 saturated carbocycles. The second kappa shape index (κ2) is 2.39. The van der Waals surface area contributed by atoms with Crippen molar-refractivity contribution in [2.75, 3.05) is 0 Å². The molecule has 0 spiro atoms. The molecule has 0 radical (unpaired) electrons. The van der Waals surface area contributed by atoms with E-state index >= 15 is 0 Å². The highest BCUT2D eigenvalue weighted by molar-refractivity contribution is 5.11. The van der Waals surface area contributed by atoms with Crippen molar-refractivity contribution in [2.24, 2.45) is 5.92 Å². The van der Waals surface area contributed by atoms with Gasteiger partial charge in [-0.3, -0.25) is 0 Å². The van der Waals surface area contributed by atoms with Gasteiger partial charge < -0.3 is 4.57 Å². The van der Waals surface area contributed by atoms with E-state index < -0.39 is 0 Å². The summed E-state index contributed by atoms with van der Waals surface area (Å²) in [6.45, 7) is 0.975. The Labute approximate surface area is 65.3 Å². The van der Waals surface area contributed by atoms with Crippen LogP contribution in [0.4, 0.5) is 0 Å². The maximum absolute atomic E-state index is 8.61. The van der Waals surface area contributed by atoms with E-state index in [2.05, 4.69) is 11.1 Å². The molecule has 2 rings (SSSR count). The van der Waals surface area contributed by atoms with Gasteiger partial charge >= 0.3 is 0 Å². The van der Waals surface area contributed by atoms with Crippen LogP contribution in [0.25, 0.3) is 0 Å². The molecule has 0 aliphatic heterocycles. The smallest absolute Gasteiger partial charge is 0.212 e. The molecule has 0 unspecified atom stereocenters. The van der Waals surface area contributed by atoms with Gasteiger partial charge in [-0.1, -0.05) is 0 Å². The highest BCUT2D eigenvalue weighted by Gasteiger charge is 2.22. The van der Waals surface area contributed by atoms with Gasteiger partial charge in [0.1, 0.15) is 6.07 Å². The van der Waals surface area contributed by atoms with E-state index in [1.54, 1.807) is 6.20 Å². The lowest BCUT2D eigenvalue weighted by Crippen LogP contribution is -2.00. The molecule has 0 amide bonds. The quantitative estimate of drug-likeness (QED) is 0.630. The molecule has 0 bridgehead atoms. The SMILES string of the molecule is N#Cc1nccn1CC1CC1. The van der Waals surface area contributed by atoms with Gasteiger partial charge in [-0.15, -0.1) is 0 Å². The summed E-state index contributed by atoms with van der Waals surface area (Å²) in [6, 6.07) is 2.06. The van der Waals surface area contributed by atoms with E-state index in [0.717, 1.165) is 12.5 Å². The minimum absolute atomic E-state index is 0.539. The lowest BCUT2D eigenvalue weighted by atomic mass is 10.4. The molecular formula is C8H9N3. The minimum atomic E-state index is 0.539. The third-order valence-electron chi connectivity index (χ3n) is 1.97. The monoisotopic (exact) mass is 147 g/mol. The Balaban J connectivity index is 2.15. The summed E-state index contributed by atoms with van der Waals surface area (Å²) in [5, 5.41) is 8.61.